The first kappa shape index (κ1) is 23.2. The molecule has 1 aromatic carbocycles. The minimum absolute atomic E-state index is 0.168. The zero-order valence-electron chi connectivity index (χ0n) is 17.4. The van der Waals surface area contributed by atoms with Crippen LogP contribution in [0.2, 0.25) is 0 Å². The van der Waals surface area contributed by atoms with Gasteiger partial charge in [0.05, 0.1) is 23.6 Å². The molecular weight excluding hydrogens is 440 g/mol. The largest absolute Gasteiger partial charge is 0.492 e. The number of halogens is 1. The van der Waals surface area contributed by atoms with E-state index in [1.54, 1.807) is 25.1 Å². The van der Waals surface area contributed by atoms with E-state index in [0.717, 1.165) is 0 Å². The Kier molecular flexibility index (Phi) is 8.49. The van der Waals surface area contributed by atoms with E-state index < -0.39 is 12.0 Å². The lowest BCUT2D eigenvalue weighted by Crippen LogP contribution is -2.57. The van der Waals surface area contributed by atoms with Crippen molar-refractivity contribution in [1.29, 1.82) is 0 Å². The summed E-state index contributed by atoms with van der Waals surface area (Å²) < 4.78 is 11.7. The first-order chi connectivity index (χ1) is 13.7. The van der Waals surface area contributed by atoms with E-state index in [1.165, 1.54) is 4.90 Å². The van der Waals surface area contributed by atoms with Gasteiger partial charge >= 0.3 is 5.97 Å². The van der Waals surface area contributed by atoms with Crippen LogP contribution < -0.4 is 10.1 Å². The van der Waals surface area contributed by atoms with Crippen molar-refractivity contribution < 1.29 is 23.9 Å². The second-order valence-corrected chi connectivity index (χ2v) is 8.42. The summed E-state index contributed by atoms with van der Waals surface area (Å²) >= 11 is 3.44. The SMILES string of the molecule is CCC(C)OC(=O)CC1C(=O)NCCN1C(=O)c1ccc(OCC(C)C)c(Br)c1. The Bertz CT molecular complexity index is 753. The molecule has 1 aromatic rings. The number of piperazine rings is 1. The fourth-order valence-corrected chi connectivity index (χ4v) is 3.34. The van der Waals surface area contributed by atoms with Gasteiger partial charge in [-0.15, -0.1) is 0 Å². The van der Waals surface area contributed by atoms with Crippen LogP contribution in [-0.2, 0) is 14.3 Å². The van der Waals surface area contributed by atoms with Crippen LogP contribution in [0.5, 0.6) is 5.75 Å². The third-order valence-electron chi connectivity index (χ3n) is 4.61. The van der Waals surface area contributed by atoms with Gasteiger partial charge in [-0.3, -0.25) is 14.4 Å². The third kappa shape index (κ3) is 6.45. The maximum absolute atomic E-state index is 13.1. The van der Waals surface area contributed by atoms with Crippen molar-refractivity contribution in [2.75, 3.05) is 19.7 Å². The van der Waals surface area contributed by atoms with E-state index in [9.17, 15) is 14.4 Å². The van der Waals surface area contributed by atoms with Gasteiger partial charge in [0, 0.05) is 18.7 Å². The quantitative estimate of drug-likeness (QED) is 0.592. The Labute approximate surface area is 180 Å². The molecule has 2 amide bonds. The first-order valence-corrected chi connectivity index (χ1v) is 10.7. The molecule has 2 rings (SSSR count). The lowest BCUT2D eigenvalue weighted by molar-refractivity contribution is -0.151. The lowest BCUT2D eigenvalue weighted by atomic mass is 10.1. The normalized spacial score (nSPS) is 17.7. The Balaban J connectivity index is 2.14. The maximum atomic E-state index is 13.1. The number of hydrogen-bond donors (Lipinski definition) is 1. The maximum Gasteiger partial charge on any atom is 0.308 e. The topological polar surface area (TPSA) is 84.9 Å². The minimum Gasteiger partial charge on any atom is -0.492 e. The number of hydrogen-bond acceptors (Lipinski definition) is 5. The second-order valence-electron chi connectivity index (χ2n) is 7.57. The van der Waals surface area contributed by atoms with Crippen molar-refractivity contribution in [3.05, 3.63) is 28.2 Å². The molecule has 1 N–H and O–H groups in total. The highest BCUT2D eigenvalue weighted by Crippen LogP contribution is 2.27. The van der Waals surface area contributed by atoms with Crippen LogP contribution >= 0.6 is 15.9 Å². The molecule has 0 aromatic heterocycles. The fourth-order valence-electron chi connectivity index (χ4n) is 2.85. The fraction of sp³-hybridized carbons (Fsp3) is 0.571. The summed E-state index contributed by atoms with van der Waals surface area (Å²) in [7, 11) is 0. The van der Waals surface area contributed by atoms with Crippen molar-refractivity contribution in [1.82, 2.24) is 10.2 Å². The second kappa shape index (κ2) is 10.6. The number of amides is 2. The van der Waals surface area contributed by atoms with Crippen LogP contribution in [0.1, 0.15) is 50.9 Å². The predicted octanol–water partition coefficient (Wildman–Crippen LogP) is 3.16. The predicted molar refractivity (Wildman–Crippen MR) is 113 cm³/mol. The monoisotopic (exact) mass is 468 g/mol. The molecule has 1 aliphatic heterocycles. The smallest absolute Gasteiger partial charge is 0.308 e. The van der Waals surface area contributed by atoms with E-state index in [-0.39, 0.29) is 24.3 Å². The molecule has 2 unspecified atom stereocenters. The van der Waals surface area contributed by atoms with Gasteiger partial charge in [0.25, 0.3) is 5.91 Å². The molecule has 2 atom stereocenters. The summed E-state index contributed by atoms with van der Waals surface area (Å²) in [4.78, 5) is 39.1. The summed E-state index contributed by atoms with van der Waals surface area (Å²) in [5.41, 5.74) is 0.420. The molecule has 0 spiro atoms. The molecule has 8 heteroatoms. The van der Waals surface area contributed by atoms with Crippen LogP contribution in [0, 0.1) is 5.92 Å². The van der Waals surface area contributed by atoms with Crippen molar-refractivity contribution in [3.8, 4) is 5.75 Å². The highest BCUT2D eigenvalue weighted by atomic mass is 79.9. The molecular formula is C21H29BrN2O5. The average molecular weight is 469 g/mol. The van der Waals surface area contributed by atoms with Crippen LogP contribution in [0.15, 0.2) is 22.7 Å². The number of benzene rings is 1. The lowest BCUT2D eigenvalue weighted by Gasteiger charge is -2.34. The number of nitrogens with one attached hydrogen (secondary N) is 1. The molecule has 0 saturated carbocycles. The van der Waals surface area contributed by atoms with E-state index in [1.807, 2.05) is 6.92 Å². The Morgan fingerprint density at radius 2 is 2.03 bits per heavy atom. The molecule has 160 valence electrons. The van der Waals surface area contributed by atoms with Gasteiger partial charge < -0.3 is 19.7 Å². The van der Waals surface area contributed by atoms with Crippen molar-refractivity contribution in [3.63, 3.8) is 0 Å². The highest BCUT2D eigenvalue weighted by Gasteiger charge is 2.36. The van der Waals surface area contributed by atoms with E-state index in [0.29, 0.717) is 47.8 Å². The molecule has 7 nitrogen and oxygen atoms in total. The number of carbonyl (C=O) groups is 3. The van der Waals surface area contributed by atoms with Crippen molar-refractivity contribution >= 4 is 33.7 Å². The highest BCUT2D eigenvalue weighted by molar-refractivity contribution is 9.10. The van der Waals surface area contributed by atoms with E-state index in [4.69, 9.17) is 9.47 Å². The zero-order chi connectivity index (χ0) is 21.6. The number of esters is 1. The van der Waals surface area contributed by atoms with Gasteiger partial charge in [-0.1, -0.05) is 20.8 Å². The van der Waals surface area contributed by atoms with Crippen LogP contribution in [0.4, 0.5) is 0 Å². The standard InChI is InChI=1S/C21H29BrN2O5/c1-5-14(4)29-19(25)11-17-20(26)23-8-9-24(17)21(27)15-6-7-18(16(22)10-15)28-12-13(2)3/h6-7,10,13-14,17H,5,8-9,11-12H2,1-4H3,(H,23,26). The summed E-state index contributed by atoms with van der Waals surface area (Å²) in [5, 5.41) is 2.72. The van der Waals surface area contributed by atoms with Crippen molar-refractivity contribution in [2.45, 2.75) is 52.7 Å². The molecule has 1 fully saturated rings. The minimum atomic E-state index is -0.886. The van der Waals surface area contributed by atoms with Gasteiger partial charge in [0.2, 0.25) is 5.91 Å². The molecule has 0 bridgehead atoms. The first-order valence-electron chi connectivity index (χ1n) is 9.93. The Morgan fingerprint density at radius 1 is 1.31 bits per heavy atom. The third-order valence-corrected chi connectivity index (χ3v) is 5.23. The summed E-state index contributed by atoms with van der Waals surface area (Å²) in [5.74, 6) is -0.108. The van der Waals surface area contributed by atoms with Gasteiger partial charge in [-0.2, -0.15) is 0 Å². The molecule has 0 aliphatic carbocycles. The molecule has 1 saturated heterocycles. The van der Waals surface area contributed by atoms with Gasteiger partial charge in [0.1, 0.15) is 11.8 Å². The Morgan fingerprint density at radius 3 is 2.66 bits per heavy atom. The van der Waals surface area contributed by atoms with Crippen LogP contribution in [0.3, 0.4) is 0 Å². The molecule has 29 heavy (non-hydrogen) atoms. The summed E-state index contributed by atoms with van der Waals surface area (Å²) in [6.07, 6.45) is 0.288. The number of rotatable bonds is 8. The number of nitrogens with zero attached hydrogens (tertiary/aromatic N) is 1. The average Bonchev–Trinajstić information content (AvgIpc) is 2.67. The number of carbonyl (C=O) groups excluding carboxylic acids is 3. The summed E-state index contributed by atoms with van der Waals surface area (Å²) in [6, 6.07) is 4.20. The van der Waals surface area contributed by atoms with E-state index >= 15 is 0 Å². The molecule has 0 radical (unpaired) electrons. The summed E-state index contributed by atoms with van der Waals surface area (Å²) in [6.45, 7) is 9.06. The van der Waals surface area contributed by atoms with Crippen LogP contribution in [-0.4, -0.2) is 54.5 Å². The van der Waals surface area contributed by atoms with Gasteiger partial charge in [-0.05, 0) is 53.4 Å². The number of ether oxygens (including phenoxy) is 2. The van der Waals surface area contributed by atoms with E-state index in [2.05, 4.69) is 35.1 Å². The van der Waals surface area contributed by atoms with Gasteiger partial charge in [-0.25, -0.2) is 0 Å². The van der Waals surface area contributed by atoms with Crippen molar-refractivity contribution in [2.24, 2.45) is 5.92 Å². The zero-order valence-corrected chi connectivity index (χ0v) is 19.0. The van der Waals surface area contributed by atoms with Gasteiger partial charge in [0.15, 0.2) is 0 Å². The Hall–Kier alpha value is -2.09. The molecule has 1 heterocycles. The molecule has 1 aliphatic rings. The van der Waals surface area contributed by atoms with Crippen LogP contribution in [0.25, 0.3) is 0 Å².